The van der Waals surface area contributed by atoms with Crippen LogP contribution in [0.4, 0.5) is 9.59 Å². The van der Waals surface area contributed by atoms with E-state index in [-0.39, 0.29) is 6.04 Å². The van der Waals surface area contributed by atoms with Crippen LogP contribution in [0.2, 0.25) is 0 Å². The van der Waals surface area contributed by atoms with Gasteiger partial charge in [-0.05, 0) is 12.5 Å². The molecule has 0 bridgehead atoms. The number of ether oxygens (including phenoxy) is 2. The summed E-state index contributed by atoms with van der Waals surface area (Å²) in [6.07, 6.45) is -3.03. The van der Waals surface area contributed by atoms with E-state index in [9.17, 15) is 14.4 Å². The molecule has 0 saturated carbocycles. The largest absolute Gasteiger partial charge is 0.453 e. The first-order valence-corrected chi connectivity index (χ1v) is 6.52. The van der Waals surface area contributed by atoms with Crippen molar-refractivity contribution in [3.8, 4) is 0 Å². The molecule has 0 aromatic heterocycles. The summed E-state index contributed by atoms with van der Waals surface area (Å²) >= 11 is 0. The highest BCUT2D eigenvalue weighted by atomic mass is 16.5. The standard InChI is InChI=1S/C14H19N3O5/c1-9(10-7-5-4-6-8-10)15-12(18)11(16-13(19)21-2)17-14(20)22-3/h4-9,11H,1-3H3,(H,15,18)(H,16,19)(H,17,20). The van der Waals surface area contributed by atoms with Crippen molar-refractivity contribution < 1.29 is 23.9 Å². The number of nitrogens with one attached hydrogen (secondary N) is 3. The van der Waals surface area contributed by atoms with Crippen LogP contribution in [0.25, 0.3) is 0 Å². The molecule has 120 valence electrons. The zero-order chi connectivity index (χ0) is 16.5. The van der Waals surface area contributed by atoms with Crippen LogP contribution in [0.1, 0.15) is 18.5 Å². The zero-order valence-corrected chi connectivity index (χ0v) is 12.6. The van der Waals surface area contributed by atoms with Gasteiger partial charge in [0.25, 0.3) is 5.91 Å². The second-order valence-corrected chi connectivity index (χ2v) is 4.35. The van der Waals surface area contributed by atoms with Crippen molar-refractivity contribution in [2.24, 2.45) is 0 Å². The van der Waals surface area contributed by atoms with Crippen molar-refractivity contribution in [1.29, 1.82) is 0 Å². The number of hydrogen-bond acceptors (Lipinski definition) is 5. The monoisotopic (exact) mass is 309 g/mol. The van der Waals surface area contributed by atoms with Gasteiger partial charge in [0.1, 0.15) is 0 Å². The molecule has 0 fully saturated rings. The van der Waals surface area contributed by atoms with Crippen molar-refractivity contribution in [3.63, 3.8) is 0 Å². The smallest absolute Gasteiger partial charge is 0.408 e. The third kappa shape index (κ3) is 5.31. The molecule has 1 rings (SSSR count). The van der Waals surface area contributed by atoms with Crippen LogP contribution < -0.4 is 16.0 Å². The van der Waals surface area contributed by atoms with Crippen LogP contribution in [-0.4, -0.2) is 38.5 Å². The summed E-state index contributed by atoms with van der Waals surface area (Å²) in [5.41, 5.74) is 0.880. The lowest BCUT2D eigenvalue weighted by atomic mass is 10.1. The molecule has 22 heavy (non-hydrogen) atoms. The molecule has 0 saturated heterocycles. The number of methoxy groups -OCH3 is 2. The second-order valence-electron chi connectivity index (χ2n) is 4.35. The maximum atomic E-state index is 12.2. The van der Waals surface area contributed by atoms with Crippen LogP contribution >= 0.6 is 0 Å². The third-order valence-corrected chi connectivity index (χ3v) is 2.82. The fourth-order valence-corrected chi connectivity index (χ4v) is 1.64. The van der Waals surface area contributed by atoms with Crippen LogP contribution in [0.3, 0.4) is 0 Å². The molecule has 0 aliphatic rings. The Balaban J connectivity index is 2.73. The molecule has 0 spiro atoms. The molecule has 3 N–H and O–H groups in total. The Morgan fingerprint density at radius 1 is 0.909 bits per heavy atom. The minimum Gasteiger partial charge on any atom is -0.453 e. The molecule has 3 amide bonds. The Hall–Kier alpha value is -2.77. The van der Waals surface area contributed by atoms with Crippen LogP contribution in [0, 0.1) is 0 Å². The normalized spacial score (nSPS) is 11.3. The summed E-state index contributed by atoms with van der Waals surface area (Å²) in [5, 5.41) is 7.08. The number of hydrogen-bond donors (Lipinski definition) is 3. The van der Waals surface area contributed by atoms with E-state index in [2.05, 4.69) is 25.4 Å². The van der Waals surface area contributed by atoms with E-state index < -0.39 is 24.3 Å². The minimum absolute atomic E-state index is 0.310. The van der Waals surface area contributed by atoms with Crippen LogP contribution in [-0.2, 0) is 14.3 Å². The van der Waals surface area contributed by atoms with Crippen molar-refractivity contribution in [2.75, 3.05) is 14.2 Å². The maximum absolute atomic E-state index is 12.2. The van der Waals surface area contributed by atoms with Crippen LogP contribution in [0.15, 0.2) is 30.3 Å². The van der Waals surface area contributed by atoms with E-state index in [1.807, 2.05) is 30.3 Å². The van der Waals surface area contributed by atoms with Gasteiger partial charge in [-0.3, -0.25) is 15.4 Å². The van der Waals surface area contributed by atoms with Gasteiger partial charge < -0.3 is 14.8 Å². The SMILES string of the molecule is COC(=O)NC(NC(=O)OC)C(=O)NC(C)c1ccccc1. The van der Waals surface area contributed by atoms with E-state index in [4.69, 9.17) is 0 Å². The maximum Gasteiger partial charge on any atom is 0.408 e. The number of carbonyl (C=O) groups is 3. The number of rotatable bonds is 5. The van der Waals surface area contributed by atoms with Crippen molar-refractivity contribution in [3.05, 3.63) is 35.9 Å². The van der Waals surface area contributed by atoms with E-state index in [0.717, 1.165) is 19.8 Å². The topological polar surface area (TPSA) is 106 Å². The highest BCUT2D eigenvalue weighted by Gasteiger charge is 2.24. The molecule has 1 atom stereocenters. The van der Waals surface area contributed by atoms with E-state index in [1.54, 1.807) is 6.92 Å². The first kappa shape index (κ1) is 17.3. The molecule has 0 heterocycles. The molecule has 1 aromatic carbocycles. The molecular weight excluding hydrogens is 290 g/mol. The summed E-state index contributed by atoms with van der Waals surface area (Å²) in [6, 6.07) is 8.93. The lowest BCUT2D eigenvalue weighted by Gasteiger charge is -2.21. The van der Waals surface area contributed by atoms with Gasteiger partial charge in [-0.15, -0.1) is 0 Å². The van der Waals surface area contributed by atoms with Gasteiger partial charge in [-0.25, -0.2) is 9.59 Å². The number of amides is 3. The van der Waals surface area contributed by atoms with Gasteiger partial charge in [-0.2, -0.15) is 0 Å². The average Bonchev–Trinajstić information content (AvgIpc) is 2.54. The Kier molecular flexibility index (Phi) is 6.68. The lowest BCUT2D eigenvalue weighted by molar-refractivity contribution is -0.124. The summed E-state index contributed by atoms with van der Waals surface area (Å²) in [5.74, 6) is -0.604. The summed E-state index contributed by atoms with van der Waals surface area (Å²) in [7, 11) is 2.30. The fourth-order valence-electron chi connectivity index (χ4n) is 1.64. The van der Waals surface area contributed by atoms with Gasteiger partial charge in [0.15, 0.2) is 6.17 Å². The van der Waals surface area contributed by atoms with E-state index >= 15 is 0 Å². The highest BCUT2D eigenvalue weighted by Crippen LogP contribution is 2.10. The van der Waals surface area contributed by atoms with Crippen molar-refractivity contribution >= 4 is 18.1 Å². The van der Waals surface area contributed by atoms with E-state index in [0.29, 0.717) is 0 Å². The molecule has 8 heteroatoms. The van der Waals surface area contributed by atoms with Crippen molar-refractivity contribution in [2.45, 2.75) is 19.1 Å². The predicted molar refractivity (Wildman–Crippen MR) is 77.9 cm³/mol. The summed E-state index contributed by atoms with van der Waals surface area (Å²) in [6.45, 7) is 1.78. The van der Waals surface area contributed by atoms with Gasteiger partial charge in [0, 0.05) is 0 Å². The van der Waals surface area contributed by atoms with Gasteiger partial charge in [-0.1, -0.05) is 30.3 Å². The zero-order valence-electron chi connectivity index (χ0n) is 12.6. The molecule has 8 nitrogen and oxygen atoms in total. The molecule has 1 aromatic rings. The Bertz CT molecular complexity index is 502. The fraction of sp³-hybridized carbons (Fsp3) is 0.357. The number of carbonyl (C=O) groups excluding carboxylic acids is 3. The van der Waals surface area contributed by atoms with Gasteiger partial charge in [0.05, 0.1) is 20.3 Å². The van der Waals surface area contributed by atoms with E-state index in [1.165, 1.54) is 0 Å². The molecule has 0 radical (unpaired) electrons. The second kappa shape index (κ2) is 8.50. The Morgan fingerprint density at radius 3 is 1.86 bits per heavy atom. The Labute approximate surface area is 128 Å². The lowest BCUT2D eigenvalue weighted by Crippen LogP contribution is -2.56. The molecular formula is C14H19N3O5. The summed E-state index contributed by atoms with van der Waals surface area (Å²) in [4.78, 5) is 34.7. The predicted octanol–water partition coefficient (Wildman–Crippen LogP) is 0.902. The van der Waals surface area contributed by atoms with Gasteiger partial charge >= 0.3 is 12.2 Å². The van der Waals surface area contributed by atoms with Crippen LogP contribution in [0.5, 0.6) is 0 Å². The number of benzene rings is 1. The number of alkyl carbamates (subject to hydrolysis) is 2. The molecule has 1 unspecified atom stereocenters. The highest BCUT2D eigenvalue weighted by molar-refractivity contribution is 5.88. The molecule has 0 aliphatic heterocycles. The minimum atomic E-state index is -1.31. The van der Waals surface area contributed by atoms with Crippen molar-refractivity contribution in [1.82, 2.24) is 16.0 Å². The first-order chi connectivity index (χ1) is 10.5. The first-order valence-electron chi connectivity index (χ1n) is 6.52. The van der Waals surface area contributed by atoms with Gasteiger partial charge in [0.2, 0.25) is 0 Å². The average molecular weight is 309 g/mol. The Morgan fingerprint density at radius 2 is 1.41 bits per heavy atom. The molecule has 0 aliphatic carbocycles. The quantitative estimate of drug-likeness (QED) is 0.701. The summed E-state index contributed by atoms with van der Waals surface area (Å²) < 4.78 is 8.83. The third-order valence-electron chi connectivity index (χ3n) is 2.82.